The first-order chi connectivity index (χ1) is 14.9. The molecule has 0 saturated carbocycles. The maximum absolute atomic E-state index is 13.8. The second-order valence-corrected chi connectivity index (χ2v) is 8.32. The van der Waals surface area contributed by atoms with Gasteiger partial charge in [0, 0.05) is 26.6 Å². The van der Waals surface area contributed by atoms with Crippen LogP contribution in [0.15, 0.2) is 53.9 Å². The van der Waals surface area contributed by atoms with Gasteiger partial charge in [-0.3, -0.25) is 14.3 Å². The summed E-state index contributed by atoms with van der Waals surface area (Å²) in [6.07, 6.45) is 0.0939. The molecule has 0 spiro atoms. The first-order valence-corrected chi connectivity index (χ1v) is 10.8. The van der Waals surface area contributed by atoms with Crippen LogP contribution in [0.4, 0.5) is 0 Å². The van der Waals surface area contributed by atoms with Gasteiger partial charge in [-0.25, -0.2) is 4.98 Å². The summed E-state index contributed by atoms with van der Waals surface area (Å²) in [4.78, 5) is 32.6. The Morgan fingerprint density at radius 3 is 2.61 bits per heavy atom. The van der Waals surface area contributed by atoms with E-state index in [0.717, 1.165) is 27.2 Å². The molecule has 0 bridgehead atoms. The minimum Gasteiger partial charge on any atom is -0.370 e. The molecule has 8 heteroatoms. The highest BCUT2D eigenvalue weighted by atomic mass is 32.1. The molecule has 3 heterocycles. The van der Waals surface area contributed by atoms with Crippen LogP contribution in [0.5, 0.6) is 0 Å². The van der Waals surface area contributed by atoms with E-state index in [9.17, 15) is 9.59 Å². The van der Waals surface area contributed by atoms with E-state index in [0.29, 0.717) is 17.8 Å². The molecular weight excluding hydrogens is 410 g/mol. The third-order valence-electron chi connectivity index (χ3n) is 5.10. The zero-order valence-corrected chi connectivity index (χ0v) is 18.2. The van der Waals surface area contributed by atoms with Gasteiger partial charge in [-0.05, 0) is 30.0 Å². The number of carbonyl (C=O) groups is 2. The molecule has 0 saturated heterocycles. The molecule has 7 nitrogen and oxygen atoms in total. The Morgan fingerprint density at radius 1 is 1.16 bits per heavy atom. The lowest BCUT2D eigenvalue weighted by Crippen LogP contribution is -2.34. The van der Waals surface area contributed by atoms with Gasteiger partial charge in [-0.1, -0.05) is 36.4 Å². The molecule has 0 fully saturated rings. The average molecular weight is 434 g/mol. The van der Waals surface area contributed by atoms with Crippen molar-refractivity contribution in [2.24, 2.45) is 12.8 Å². The highest BCUT2D eigenvalue weighted by molar-refractivity contribution is 7.13. The van der Waals surface area contributed by atoms with Gasteiger partial charge in [0.15, 0.2) is 5.65 Å². The van der Waals surface area contributed by atoms with Crippen LogP contribution < -0.4 is 5.73 Å². The summed E-state index contributed by atoms with van der Waals surface area (Å²) in [7, 11) is 1.82. The predicted molar refractivity (Wildman–Crippen MR) is 122 cm³/mol. The maximum atomic E-state index is 13.8. The molecule has 4 rings (SSSR count). The summed E-state index contributed by atoms with van der Waals surface area (Å²) in [5, 5.41) is 7.19. The fourth-order valence-electron chi connectivity index (χ4n) is 3.64. The SMILES string of the molecule is Cc1nn(C)c2nc(-c3cccs3)cc(C(=O)N(CCC(N)=O)Cc3ccccc3)c12. The van der Waals surface area contributed by atoms with E-state index in [4.69, 9.17) is 10.7 Å². The van der Waals surface area contributed by atoms with Crippen LogP contribution in [0, 0.1) is 6.92 Å². The van der Waals surface area contributed by atoms with E-state index in [-0.39, 0.29) is 18.9 Å². The Balaban J connectivity index is 1.81. The minimum atomic E-state index is -0.442. The molecule has 0 unspecified atom stereocenters. The molecule has 2 N–H and O–H groups in total. The molecule has 0 aliphatic heterocycles. The number of nitrogens with zero attached hydrogens (tertiary/aromatic N) is 4. The Kier molecular flexibility index (Phi) is 5.81. The highest BCUT2D eigenvalue weighted by Crippen LogP contribution is 2.30. The molecule has 4 aromatic rings. The van der Waals surface area contributed by atoms with Crippen LogP contribution in [0.25, 0.3) is 21.6 Å². The van der Waals surface area contributed by atoms with Crippen molar-refractivity contribution in [1.82, 2.24) is 19.7 Å². The van der Waals surface area contributed by atoms with E-state index in [1.807, 2.05) is 67.9 Å². The van der Waals surface area contributed by atoms with Crippen LogP contribution in [0.2, 0.25) is 0 Å². The Morgan fingerprint density at radius 2 is 1.94 bits per heavy atom. The number of rotatable bonds is 7. The second kappa shape index (κ2) is 8.69. The van der Waals surface area contributed by atoms with Gasteiger partial charge < -0.3 is 10.6 Å². The van der Waals surface area contributed by atoms with Crippen molar-refractivity contribution in [2.45, 2.75) is 19.9 Å². The summed E-state index contributed by atoms with van der Waals surface area (Å²) >= 11 is 1.56. The number of amides is 2. The molecule has 0 atom stereocenters. The molecule has 31 heavy (non-hydrogen) atoms. The standard InChI is InChI=1S/C23H23N5O2S/c1-15-21-17(13-18(19-9-6-12-31-19)25-22(21)27(2)26-15)23(30)28(11-10-20(24)29)14-16-7-4-3-5-8-16/h3-9,12-13H,10-11,14H2,1-2H3,(H2,24,29). The number of aromatic nitrogens is 3. The largest absolute Gasteiger partial charge is 0.370 e. The third kappa shape index (κ3) is 4.34. The van der Waals surface area contributed by atoms with Gasteiger partial charge in [0.1, 0.15) is 0 Å². The van der Waals surface area contributed by atoms with Gasteiger partial charge in [-0.15, -0.1) is 11.3 Å². The zero-order valence-electron chi connectivity index (χ0n) is 17.4. The fraction of sp³-hybridized carbons (Fsp3) is 0.217. The normalized spacial score (nSPS) is 11.0. The van der Waals surface area contributed by atoms with Crippen LogP contribution in [-0.4, -0.2) is 38.0 Å². The van der Waals surface area contributed by atoms with E-state index < -0.39 is 5.91 Å². The number of primary amides is 1. The number of thiophene rings is 1. The quantitative estimate of drug-likeness (QED) is 0.482. The van der Waals surface area contributed by atoms with Crippen molar-refractivity contribution >= 4 is 34.2 Å². The number of hydrogen-bond acceptors (Lipinski definition) is 5. The van der Waals surface area contributed by atoms with Crippen molar-refractivity contribution in [1.29, 1.82) is 0 Å². The number of benzene rings is 1. The van der Waals surface area contributed by atoms with Crippen molar-refractivity contribution in [3.63, 3.8) is 0 Å². The highest BCUT2D eigenvalue weighted by Gasteiger charge is 2.24. The van der Waals surface area contributed by atoms with Gasteiger partial charge in [0.05, 0.1) is 27.2 Å². The Labute approximate surface area is 184 Å². The van der Waals surface area contributed by atoms with Crippen molar-refractivity contribution in [3.05, 3.63) is 70.7 Å². The van der Waals surface area contributed by atoms with E-state index in [1.165, 1.54) is 0 Å². The Hall–Kier alpha value is -3.52. The van der Waals surface area contributed by atoms with Crippen molar-refractivity contribution in [2.75, 3.05) is 6.54 Å². The van der Waals surface area contributed by atoms with Crippen molar-refractivity contribution in [3.8, 4) is 10.6 Å². The lowest BCUT2D eigenvalue weighted by Gasteiger charge is -2.23. The summed E-state index contributed by atoms with van der Waals surface area (Å²) < 4.78 is 1.70. The topological polar surface area (TPSA) is 94.1 Å². The third-order valence-corrected chi connectivity index (χ3v) is 6.00. The number of carbonyl (C=O) groups excluding carboxylic acids is 2. The smallest absolute Gasteiger partial charge is 0.255 e. The lowest BCUT2D eigenvalue weighted by atomic mass is 10.1. The number of hydrogen-bond donors (Lipinski definition) is 1. The summed E-state index contributed by atoms with van der Waals surface area (Å²) in [5.74, 6) is -0.617. The van der Waals surface area contributed by atoms with Gasteiger partial charge in [0.2, 0.25) is 5.91 Å². The zero-order chi connectivity index (χ0) is 22.0. The Bertz CT molecular complexity index is 1230. The number of nitrogens with two attached hydrogens (primary N) is 1. The molecule has 0 aliphatic carbocycles. The van der Waals surface area contributed by atoms with Gasteiger partial charge in [-0.2, -0.15) is 5.10 Å². The lowest BCUT2D eigenvalue weighted by molar-refractivity contribution is -0.118. The first-order valence-electron chi connectivity index (χ1n) is 9.93. The summed E-state index contributed by atoms with van der Waals surface area (Å²) in [6, 6.07) is 15.5. The van der Waals surface area contributed by atoms with E-state index >= 15 is 0 Å². The molecule has 158 valence electrons. The number of fused-ring (bicyclic) bond motifs is 1. The van der Waals surface area contributed by atoms with Gasteiger partial charge in [0.25, 0.3) is 5.91 Å². The van der Waals surface area contributed by atoms with Crippen LogP contribution in [0.1, 0.15) is 28.0 Å². The van der Waals surface area contributed by atoms with Crippen LogP contribution in [0.3, 0.4) is 0 Å². The number of aryl methyl sites for hydroxylation is 2. The second-order valence-electron chi connectivity index (χ2n) is 7.37. The molecule has 1 aromatic carbocycles. The predicted octanol–water partition coefficient (Wildman–Crippen LogP) is 3.52. The maximum Gasteiger partial charge on any atom is 0.255 e. The molecule has 3 aromatic heterocycles. The van der Waals surface area contributed by atoms with Crippen LogP contribution >= 0.6 is 11.3 Å². The summed E-state index contributed by atoms with van der Waals surface area (Å²) in [6.45, 7) is 2.49. The monoisotopic (exact) mass is 433 g/mol. The van der Waals surface area contributed by atoms with Gasteiger partial charge >= 0.3 is 0 Å². The van der Waals surface area contributed by atoms with E-state index in [1.54, 1.807) is 20.9 Å². The number of pyridine rings is 1. The average Bonchev–Trinajstić information content (AvgIpc) is 3.39. The molecule has 0 aliphatic rings. The molecular formula is C23H23N5O2S. The summed E-state index contributed by atoms with van der Waals surface area (Å²) in [5.41, 5.74) is 9.00. The van der Waals surface area contributed by atoms with Crippen LogP contribution in [-0.2, 0) is 18.4 Å². The van der Waals surface area contributed by atoms with E-state index in [2.05, 4.69) is 5.10 Å². The minimum absolute atomic E-state index is 0.0939. The van der Waals surface area contributed by atoms with Crippen molar-refractivity contribution < 1.29 is 9.59 Å². The first kappa shape index (κ1) is 20.7. The molecule has 2 amide bonds. The molecule has 0 radical (unpaired) electrons. The fourth-order valence-corrected chi connectivity index (χ4v) is 4.32.